The van der Waals surface area contributed by atoms with Crippen molar-refractivity contribution in [2.75, 3.05) is 19.7 Å². The molecule has 0 aliphatic carbocycles. The van der Waals surface area contributed by atoms with Gasteiger partial charge in [0, 0.05) is 44.1 Å². The number of carbonyl (C=O) groups excluding carboxylic acids is 2. The third-order valence-corrected chi connectivity index (χ3v) is 6.40. The van der Waals surface area contributed by atoms with E-state index in [0.717, 1.165) is 38.0 Å². The van der Waals surface area contributed by atoms with E-state index >= 15 is 0 Å². The van der Waals surface area contributed by atoms with E-state index in [0.29, 0.717) is 47.2 Å². The van der Waals surface area contributed by atoms with Gasteiger partial charge < -0.3 is 10.1 Å². The minimum atomic E-state index is 0.0698. The van der Waals surface area contributed by atoms with E-state index in [1.54, 1.807) is 24.3 Å². The van der Waals surface area contributed by atoms with Crippen LogP contribution in [0.15, 0.2) is 42.5 Å². The van der Waals surface area contributed by atoms with Crippen LogP contribution in [0, 0.1) is 0 Å². The molecule has 0 radical (unpaired) electrons. The van der Waals surface area contributed by atoms with Gasteiger partial charge >= 0.3 is 0 Å². The Hall–Kier alpha value is -2.08. The first-order valence-electron chi connectivity index (χ1n) is 11.2. The third kappa shape index (κ3) is 7.51. The zero-order chi connectivity index (χ0) is 22.9. The Bertz CT molecular complexity index is 910. The SMILES string of the molecule is CCC(=O)c1ccc(OCCCC(=O)NC2CCN(Cc3ccc(Cl)c(Cl)c3)CC2)cc1. The van der Waals surface area contributed by atoms with Crippen molar-refractivity contribution >= 4 is 34.9 Å². The first-order chi connectivity index (χ1) is 15.4. The quantitative estimate of drug-likeness (QED) is 0.361. The number of nitrogens with zero attached hydrogens (tertiary/aromatic N) is 1. The third-order valence-electron chi connectivity index (χ3n) is 5.66. The van der Waals surface area contributed by atoms with E-state index in [2.05, 4.69) is 10.2 Å². The molecular formula is C25H30Cl2N2O3. The Morgan fingerprint density at radius 3 is 2.44 bits per heavy atom. The van der Waals surface area contributed by atoms with Crippen molar-refractivity contribution < 1.29 is 14.3 Å². The maximum absolute atomic E-state index is 12.3. The van der Waals surface area contributed by atoms with E-state index in [9.17, 15) is 9.59 Å². The first kappa shape index (κ1) is 24.6. The van der Waals surface area contributed by atoms with Crippen LogP contribution in [-0.2, 0) is 11.3 Å². The summed E-state index contributed by atoms with van der Waals surface area (Å²) in [7, 11) is 0. The molecule has 7 heteroatoms. The van der Waals surface area contributed by atoms with Crippen molar-refractivity contribution in [1.82, 2.24) is 10.2 Å². The molecule has 0 atom stereocenters. The first-order valence-corrected chi connectivity index (χ1v) is 11.9. The van der Waals surface area contributed by atoms with E-state index in [1.807, 2.05) is 25.1 Å². The van der Waals surface area contributed by atoms with Gasteiger partial charge in [-0.3, -0.25) is 14.5 Å². The molecule has 1 saturated heterocycles. The summed E-state index contributed by atoms with van der Waals surface area (Å²) in [5.41, 5.74) is 1.84. The number of amides is 1. The number of rotatable bonds is 10. The minimum Gasteiger partial charge on any atom is -0.494 e. The van der Waals surface area contributed by atoms with Crippen LogP contribution in [0.1, 0.15) is 54.9 Å². The molecule has 172 valence electrons. The zero-order valence-electron chi connectivity index (χ0n) is 18.4. The lowest BCUT2D eigenvalue weighted by molar-refractivity contribution is -0.122. The number of hydrogen-bond acceptors (Lipinski definition) is 4. The number of ketones is 1. The smallest absolute Gasteiger partial charge is 0.220 e. The number of Topliss-reactive ketones (excluding diaryl/α,β-unsaturated/α-hetero) is 1. The summed E-state index contributed by atoms with van der Waals surface area (Å²) in [5.74, 6) is 0.904. The maximum Gasteiger partial charge on any atom is 0.220 e. The van der Waals surface area contributed by atoms with E-state index in [1.165, 1.54) is 0 Å². The van der Waals surface area contributed by atoms with Gasteiger partial charge in [-0.05, 0) is 61.2 Å². The van der Waals surface area contributed by atoms with Gasteiger partial charge in [0.25, 0.3) is 0 Å². The van der Waals surface area contributed by atoms with Crippen LogP contribution >= 0.6 is 23.2 Å². The average Bonchev–Trinajstić information content (AvgIpc) is 2.80. The van der Waals surface area contributed by atoms with Gasteiger partial charge in [-0.25, -0.2) is 0 Å². The van der Waals surface area contributed by atoms with Crippen LogP contribution in [0.4, 0.5) is 0 Å². The number of benzene rings is 2. The molecule has 0 unspecified atom stereocenters. The molecular weight excluding hydrogens is 447 g/mol. The molecule has 1 fully saturated rings. The highest BCUT2D eigenvalue weighted by atomic mass is 35.5. The molecule has 0 aromatic heterocycles. The number of ether oxygens (including phenoxy) is 1. The summed E-state index contributed by atoms with van der Waals surface area (Å²) in [6.07, 6.45) is 3.46. The Balaban J connectivity index is 1.30. The van der Waals surface area contributed by atoms with Gasteiger partial charge in [0.15, 0.2) is 5.78 Å². The second kappa shape index (κ2) is 12.2. The maximum atomic E-state index is 12.3. The number of likely N-dealkylation sites (tertiary alicyclic amines) is 1. The van der Waals surface area contributed by atoms with Crippen LogP contribution in [0.2, 0.25) is 10.0 Å². The molecule has 5 nitrogen and oxygen atoms in total. The number of hydrogen-bond donors (Lipinski definition) is 1. The predicted octanol–water partition coefficient (Wildman–Crippen LogP) is 5.53. The molecule has 32 heavy (non-hydrogen) atoms. The van der Waals surface area contributed by atoms with Crippen molar-refractivity contribution in [2.24, 2.45) is 0 Å². The molecule has 0 spiro atoms. The predicted molar refractivity (Wildman–Crippen MR) is 129 cm³/mol. The number of nitrogens with one attached hydrogen (secondary N) is 1. The lowest BCUT2D eigenvalue weighted by Crippen LogP contribution is -2.44. The van der Waals surface area contributed by atoms with Gasteiger partial charge in [-0.2, -0.15) is 0 Å². The summed E-state index contributed by atoms with van der Waals surface area (Å²) in [6.45, 7) is 5.02. The fraction of sp³-hybridized carbons (Fsp3) is 0.440. The molecule has 1 N–H and O–H groups in total. The lowest BCUT2D eigenvalue weighted by Gasteiger charge is -2.32. The standard InChI is InChI=1S/C25H30Cl2N2O3/c1-2-24(30)19-6-8-21(9-7-19)32-15-3-4-25(31)28-20-11-13-29(14-12-20)17-18-5-10-22(26)23(27)16-18/h5-10,16,20H,2-4,11-15,17H2,1H3,(H,28,31). The number of halogens is 2. The number of carbonyl (C=O) groups is 2. The Morgan fingerprint density at radius 2 is 1.78 bits per heavy atom. The van der Waals surface area contributed by atoms with E-state index in [-0.39, 0.29) is 17.7 Å². The zero-order valence-corrected chi connectivity index (χ0v) is 19.9. The van der Waals surface area contributed by atoms with Crippen molar-refractivity contribution in [3.63, 3.8) is 0 Å². The van der Waals surface area contributed by atoms with E-state index < -0.39 is 0 Å². The Kier molecular flexibility index (Phi) is 9.39. The second-order valence-electron chi connectivity index (χ2n) is 8.12. The highest BCUT2D eigenvalue weighted by Crippen LogP contribution is 2.24. The van der Waals surface area contributed by atoms with Gasteiger partial charge in [0.2, 0.25) is 5.91 Å². The number of piperidine rings is 1. The summed E-state index contributed by atoms with van der Waals surface area (Å²) >= 11 is 12.1. The van der Waals surface area contributed by atoms with Gasteiger partial charge in [-0.15, -0.1) is 0 Å². The van der Waals surface area contributed by atoms with Crippen molar-refractivity contribution in [2.45, 2.75) is 51.6 Å². The summed E-state index contributed by atoms with van der Waals surface area (Å²) in [5, 5.41) is 4.30. The second-order valence-corrected chi connectivity index (χ2v) is 8.93. The molecule has 1 amide bonds. The van der Waals surface area contributed by atoms with Crippen LogP contribution in [0.3, 0.4) is 0 Å². The molecule has 1 heterocycles. The van der Waals surface area contributed by atoms with Crippen molar-refractivity contribution in [3.05, 3.63) is 63.6 Å². The van der Waals surface area contributed by atoms with Gasteiger partial charge in [0.1, 0.15) is 5.75 Å². The fourth-order valence-corrected chi connectivity index (χ4v) is 4.12. The van der Waals surface area contributed by atoms with Crippen molar-refractivity contribution in [1.29, 1.82) is 0 Å². The topological polar surface area (TPSA) is 58.6 Å². The molecule has 1 aliphatic rings. The summed E-state index contributed by atoms with van der Waals surface area (Å²) < 4.78 is 5.69. The van der Waals surface area contributed by atoms with Gasteiger partial charge in [-0.1, -0.05) is 36.2 Å². The summed E-state index contributed by atoms with van der Waals surface area (Å²) in [6, 6.07) is 13.1. The monoisotopic (exact) mass is 476 g/mol. The molecule has 0 bridgehead atoms. The summed E-state index contributed by atoms with van der Waals surface area (Å²) in [4.78, 5) is 26.3. The molecule has 0 saturated carbocycles. The molecule has 2 aromatic rings. The highest BCUT2D eigenvalue weighted by molar-refractivity contribution is 6.42. The highest BCUT2D eigenvalue weighted by Gasteiger charge is 2.20. The molecule has 1 aliphatic heterocycles. The van der Waals surface area contributed by atoms with E-state index in [4.69, 9.17) is 27.9 Å². The Labute approximate surface area is 200 Å². The fourth-order valence-electron chi connectivity index (χ4n) is 3.80. The largest absolute Gasteiger partial charge is 0.494 e. The van der Waals surface area contributed by atoms with Gasteiger partial charge in [0.05, 0.1) is 16.7 Å². The van der Waals surface area contributed by atoms with Crippen molar-refractivity contribution in [3.8, 4) is 5.75 Å². The van der Waals surface area contributed by atoms with Crippen LogP contribution in [0.5, 0.6) is 5.75 Å². The van der Waals surface area contributed by atoms with Crippen LogP contribution in [-0.4, -0.2) is 42.3 Å². The van der Waals surface area contributed by atoms with Crippen LogP contribution < -0.4 is 10.1 Å². The lowest BCUT2D eigenvalue weighted by atomic mass is 10.0. The van der Waals surface area contributed by atoms with Crippen LogP contribution in [0.25, 0.3) is 0 Å². The molecule has 2 aromatic carbocycles. The normalized spacial score (nSPS) is 14.8. The Morgan fingerprint density at radius 1 is 1.06 bits per heavy atom. The minimum absolute atomic E-state index is 0.0698. The molecule has 3 rings (SSSR count). The average molecular weight is 477 g/mol.